The van der Waals surface area contributed by atoms with Crippen LogP contribution < -0.4 is 11.1 Å². The van der Waals surface area contributed by atoms with Crippen LogP contribution in [-0.2, 0) is 4.79 Å². The Balaban J connectivity index is 0.00000361. The number of nitro groups is 1. The molecule has 6 nitrogen and oxygen atoms in total. The van der Waals surface area contributed by atoms with Crippen LogP contribution >= 0.6 is 24.2 Å². The molecule has 0 aliphatic carbocycles. The molecule has 3 N–H and O–H groups in total. The summed E-state index contributed by atoms with van der Waals surface area (Å²) in [7, 11) is 0. The molecule has 1 rings (SSSR count). The fourth-order valence-electron chi connectivity index (χ4n) is 1.36. The van der Waals surface area contributed by atoms with E-state index in [1.807, 2.05) is 0 Å². The minimum atomic E-state index is -0.447. The third-order valence-corrected chi connectivity index (χ3v) is 3.52. The number of halogens is 1. The molecular formula is C12H18ClN3O3S. The number of amides is 1. The van der Waals surface area contributed by atoms with Crippen molar-refractivity contribution in [1.82, 2.24) is 5.32 Å². The first-order chi connectivity index (χ1) is 9.04. The summed E-state index contributed by atoms with van der Waals surface area (Å²) < 4.78 is 0. The van der Waals surface area contributed by atoms with Gasteiger partial charge >= 0.3 is 0 Å². The molecule has 1 atom stereocenters. The number of nitrogens with zero attached hydrogens (tertiary/aromatic N) is 1. The Kier molecular flexibility index (Phi) is 8.94. The second kappa shape index (κ2) is 9.57. The second-order valence-electron chi connectivity index (χ2n) is 3.94. The number of nitrogens with two attached hydrogens (primary N) is 1. The molecule has 0 aromatic heterocycles. The van der Waals surface area contributed by atoms with Gasteiger partial charge in [-0.25, -0.2) is 0 Å². The van der Waals surface area contributed by atoms with Crippen LogP contribution in [0.1, 0.15) is 13.3 Å². The summed E-state index contributed by atoms with van der Waals surface area (Å²) in [5.41, 5.74) is 5.39. The predicted molar refractivity (Wildman–Crippen MR) is 82.3 cm³/mol. The summed E-state index contributed by atoms with van der Waals surface area (Å²) in [4.78, 5) is 22.6. The summed E-state index contributed by atoms with van der Waals surface area (Å²) >= 11 is 1.36. The normalized spacial score (nSPS) is 11.3. The third-order valence-electron chi connectivity index (χ3n) is 2.41. The molecule has 0 aliphatic heterocycles. The molecule has 1 aromatic carbocycles. The van der Waals surface area contributed by atoms with Gasteiger partial charge in [0.2, 0.25) is 5.91 Å². The Morgan fingerprint density at radius 3 is 2.55 bits per heavy atom. The molecule has 0 spiro atoms. The fourth-order valence-corrected chi connectivity index (χ4v) is 2.25. The van der Waals surface area contributed by atoms with Crippen molar-refractivity contribution in [3.63, 3.8) is 0 Å². The van der Waals surface area contributed by atoms with Crippen molar-refractivity contribution in [2.45, 2.75) is 23.5 Å². The standard InChI is InChI=1S/C12H17N3O3S.ClH/c1-9(12(16)14-8-2-7-13)19-11-5-3-10(4-6-11)15(17)18;/h3-6,9H,2,7-8,13H2,1H3,(H,14,16);1H. The molecule has 112 valence electrons. The number of carbonyl (C=O) groups is 1. The first-order valence-corrected chi connectivity index (χ1v) is 6.81. The van der Waals surface area contributed by atoms with Crippen LogP contribution in [0.2, 0.25) is 0 Å². The number of non-ortho nitro benzene ring substituents is 1. The van der Waals surface area contributed by atoms with Crippen LogP contribution in [0.5, 0.6) is 0 Å². The first kappa shape index (κ1) is 18.7. The van der Waals surface area contributed by atoms with E-state index in [0.29, 0.717) is 13.1 Å². The molecule has 0 saturated heterocycles. The van der Waals surface area contributed by atoms with Gasteiger partial charge in [0.25, 0.3) is 5.69 Å². The van der Waals surface area contributed by atoms with Crippen molar-refractivity contribution in [3.05, 3.63) is 34.4 Å². The highest BCUT2D eigenvalue weighted by Crippen LogP contribution is 2.25. The molecule has 0 fully saturated rings. The van der Waals surface area contributed by atoms with E-state index < -0.39 is 4.92 Å². The van der Waals surface area contributed by atoms with Gasteiger partial charge in [0.05, 0.1) is 10.2 Å². The lowest BCUT2D eigenvalue weighted by molar-refractivity contribution is -0.384. The van der Waals surface area contributed by atoms with Gasteiger partial charge in [0.15, 0.2) is 0 Å². The van der Waals surface area contributed by atoms with Gasteiger partial charge in [-0.05, 0) is 32.0 Å². The Morgan fingerprint density at radius 1 is 1.45 bits per heavy atom. The van der Waals surface area contributed by atoms with Crippen molar-refractivity contribution in [3.8, 4) is 0 Å². The Morgan fingerprint density at radius 2 is 2.05 bits per heavy atom. The highest BCUT2D eigenvalue weighted by molar-refractivity contribution is 8.00. The smallest absolute Gasteiger partial charge is 0.269 e. The molecule has 8 heteroatoms. The number of carbonyl (C=O) groups excluding carboxylic acids is 1. The van der Waals surface area contributed by atoms with Crippen molar-refractivity contribution in [2.24, 2.45) is 5.73 Å². The van der Waals surface area contributed by atoms with Crippen molar-refractivity contribution >= 4 is 35.8 Å². The van der Waals surface area contributed by atoms with E-state index in [0.717, 1.165) is 11.3 Å². The number of rotatable bonds is 7. The Hall–Kier alpha value is -1.31. The maximum atomic E-state index is 11.7. The monoisotopic (exact) mass is 319 g/mol. The van der Waals surface area contributed by atoms with Crippen molar-refractivity contribution < 1.29 is 9.72 Å². The predicted octanol–water partition coefficient (Wildman–Crippen LogP) is 1.96. The molecule has 1 unspecified atom stereocenters. The first-order valence-electron chi connectivity index (χ1n) is 5.93. The van der Waals surface area contributed by atoms with E-state index in [-0.39, 0.29) is 29.3 Å². The van der Waals surface area contributed by atoms with Gasteiger partial charge in [-0.1, -0.05) is 0 Å². The summed E-state index contributed by atoms with van der Waals surface area (Å²) in [6.45, 7) is 2.91. The van der Waals surface area contributed by atoms with E-state index in [1.165, 1.54) is 23.9 Å². The average Bonchev–Trinajstić information content (AvgIpc) is 2.39. The largest absolute Gasteiger partial charge is 0.355 e. The third kappa shape index (κ3) is 6.23. The second-order valence-corrected chi connectivity index (χ2v) is 5.36. The molecule has 0 bridgehead atoms. The molecule has 1 amide bonds. The molecule has 1 aromatic rings. The van der Waals surface area contributed by atoms with Gasteiger partial charge < -0.3 is 11.1 Å². The lowest BCUT2D eigenvalue weighted by Crippen LogP contribution is -2.32. The lowest BCUT2D eigenvalue weighted by atomic mass is 10.3. The number of benzene rings is 1. The van der Waals surface area contributed by atoms with Gasteiger partial charge in [-0.3, -0.25) is 14.9 Å². The van der Waals surface area contributed by atoms with E-state index in [9.17, 15) is 14.9 Å². The van der Waals surface area contributed by atoms with Crippen LogP contribution in [0.15, 0.2) is 29.2 Å². The summed E-state index contributed by atoms with van der Waals surface area (Å²) in [6, 6.07) is 6.15. The van der Waals surface area contributed by atoms with E-state index in [2.05, 4.69) is 5.32 Å². The maximum absolute atomic E-state index is 11.7. The maximum Gasteiger partial charge on any atom is 0.269 e. The minimum absolute atomic E-state index is 0. The SMILES string of the molecule is CC(Sc1ccc([N+](=O)[O-])cc1)C(=O)NCCCN.Cl. The van der Waals surface area contributed by atoms with E-state index in [4.69, 9.17) is 5.73 Å². The van der Waals surface area contributed by atoms with E-state index in [1.54, 1.807) is 19.1 Å². The molecule has 0 aliphatic rings. The van der Waals surface area contributed by atoms with Crippen LogP contribution in [0, 0.1) is 10.1 Å². The molecular weight excluding hydrogens is 302 g/mol. The Labute approximate surface area is 128 Å². The Bertz CT molecular complexity index is 442. The molecule has 0 heterocycles. The zero-order valence-electron chi connectivity index (χ0n) is 11.1. The average molecular weight is 320 g/mol. The molecule has 0 radical (unpaired) electrons. The van der Waals surface area contributed by atoms with Crippen molar-refractivity contribution in [2.75, 3.05) is 13.1 Å². The van der Waals surface area contributed by atoms with E-state index >= 15 is 0 Å². The van der Waals surface area contributed by atoms with Crippen LogP contribution in [-0.4, -0.2) is 29.2 Å². The van der Waals surface area contributed by atoms with Gasteiger partial charge in [0.1, 0.15) is 0 Å². The summed E-state index contributed by atoms with van der Waals surface area (Å²) in [5.74, 6) is -0.0585. The molecule has 20 heavy (non-hydrogen) atoms. The van der Waals surface area contributed by atoms with Crippen LogP contribution in [0.25, 0.3) is 0 Å². The lowest BCUT2D eigenvalue weighted by Gasteiger charge is -2.11. The fraction of sp³-hybridized carbons (Fsp3) is 0.417. The summed E-state index contributed by atoms with van der Waals surface area (Å²) in [6.07, 6.45) is 0.751. The number of hydrogen-bond acceptors (Lipinski definition) is 5. The van der Waals surface area contributed by atoms with Crippen LogP contribution in [0.4, 0.5) is 5.69 Å². The highest BCUT2D eigenvalue weighted by Gasteiger charge is 2.14. The zero-order chi connectivity index (χ0) is 14.3. The van der Waals surface area contributed by atoms with Gasteiger partial charge in [-0.2, -0.15) is 0 Å². The summed E-state index contributed by atoms with van der Waals surface area (Å²) in [5, 5.41) is 13.0. The highest BCUT2D eigenvalue weighted by atomic mass is 35.5. The quantitative estimate of drug-likeness (QED) is 0.346. The number of nitrogens with one attached hydrogen (secondary N) is 1. The van der Waals surface area contributed by atoms with Crippen LogP contribution in [0.3, 0.4) is 0 Å². The topological polar surface area (TPSA) is 98.3 Å². The number of thioether (sulfide) groups is 1. The van der Waals surface area contributed by atoms with Gasteiger partial charge in [0, 0.05) is 23.6 Å². The number of nitro benzene ring substituents is 1. The van der Waals surface area contributed by atoms with Gasteiger partial charge in [-0.15, -0.1) is 24.2 Å². The zero-order valence-corrected chi connectivity index (χ0v) is 12.7. The minimum Gasteiger partial charge on any atom is -0.355 e. The molecule has 0 saturated carbocycles. The van der Waals surface area contributed by atoms with Crippen molar-refractivity contribution in [1.29, 1.82) is 0 Å². The number of hydrogen-bond donors (Lipinski definition) is 2.